The van der Waals surface area contributed by atoms with Crippen molar-refractivity contribution in [1.82, 2.24) is 10.3 Å². The summed E-state index contributed by atoms with van der Waals surface area (Å²) in [6.07, 6.45) is 4.08. The molecule has 0 atom stereocenters. The second kappa shape index (κ2) is 10.1. The summed E-state index contributed by atoms with van der Waals surface area (Å²) in [6, 6.07) is 0. The van der Waals surface area contributed by atoms with Gasteiger partial charge in [0, 0.05) is 13.1 Å². The second-order valence-corrected chi connectivity index (χ2v) is 6.42. The maximum Gasteiger partial charge on any atom is 0.343 e. The highest BCUT2D eigenvalue weighted by atomic mass is 16.5. The Morgan fingerprint density at radius 2 is 1.81 bits per heavy atom. The van der Waals surface area contributed by atoms with Gasteiger partial charge < -0.3 is 23.8 Å². The minimum atomic E-state index is -0.338. The van der Waals surface area contributed by atoms with Crippen LogP contribution in [-0.4, -0.2) is 41.1 Å². The van der Waals surface area contributed by atoms with Crippen LogP contribution < -0.4 is 4.90 Å². The molecule has 1 aliphatic rings. The molecule has 8 nitrogen and oxygen atoms in total. The number of nitrogens with zero attached hydrogens (tertiary/aromatic N) is 3. The lowest BCUT2D eigenvalue weighted by atomic mass is 10.1. The number of aliphatic hydroxyl groups is 1. The van der Waals surface area contributed by atoms with Gasteiger partial charge in [0.2, 0.25) is 0 Å². The molecule has 1 N–H and O–H groups in total. The van der Waals surface area contributed by atoms with Gasteiger partial charge in [-0.25, -0.2) is 4.79 Å². The molecule has 0 aliphatic carbocycles. The molecule has 0 aromatic carbocycles. The minimum absolute atomic E-state index is 0.0150. The Kier molecular flexibility index (Phi) is 7.84. The van der Waals surface area contributed by atoms with Crippen molar-refractivity contribution in [1.29, 1.82) is 0 Å². The van der Waals surface area contributed by atoms with Crippen molar-refractivity contribution < 1.29 is 23.7 Å². The first-order valence-electron chi connectivity index (χ1n) is 9.46. The Bertz CT molecular complexity index is 732. The number of carbonyl (C=O) groups excluding carboxylic acids is 1. The van der Waals surface area contributed by atoms with E-state index < -0.39 is 0 Å². The lowest BCUT2D eigenvalue weighted by Gasteiger charge is -2.14. The number of rotatable bonds is 6. The van der Waals surface area contributed by atoms with E-state index >= 15 is 0 Å². The van der Waals surface area contributed by atoms with E-state index in [0.29, 0.717) is 23.6 Å². The fourth-order valence-electron chi connectivity index (χ4n) is 3.03. The van der Waals surface area contributed by atoms with Crippen LogP contribution in [0, 0.1) is 13.8 Å². The number of carbonyl (C=O) groups is 1. The number of hydrogen-bond donors (Lipinski definition) is 1. The summed E-state index contributed by atoms with van der Waals surface area (Å²) in [4.78, 5) is 13.7. The van der Waals surface area contributed by atoms with E-state index in [2.05, 4.69) is 15.2 Å². The lowest BCUT2D eigenvalue weighted by Crippen LogP contribution is -2.19. The summed E-state index contributed by atoms with van der Waals surface area (Å²) >= 11 is 0. The molecule has 0 unspecified atom stereocenters. The number of aliphatic hydroxyl groups excluding tert-OH is 1. The van der Waals surface area contributed by atoms with Crippen molar-refractivity contribution in [2.45, 2.75) is 60.0 Å². The SMILES string of the molecule is CCCc1noc(C)c1C(=O)OCC.Cc1onc(N2CCCC2)c1CO. The fraction of sp³-hybridized carbons (Fsp3) is 0.632. The van der Waals surface area contributed by atoms with Gasteiger partial charge in [0.15, 0.2) is 5.82 Å². The molecule has 3 rings (SSSR count). The molecule has 0 saturated carbocycles. The monoisotopic (exact) mass is 379 g/mol. The molecule has 27 heavy (non-hydrogen) atoms. The van der Waals surface area contributed by atoms with Gasteiger partial charge in [-0.05, 0) is 40.0 Å². The molecule has 1 aliphatic heterocycles. The van der Waals surface area contributed by atoms with Gasteiger partial charge in [0.1, 0.15) is 17.1 Å². The predicted octanol–water partition coefficient (Wildman–Crippen LogP) is 3.19. The van der Waals surface area contributed by atoms with Gasteiger partial charge >= 0.3 is 5.97 Å². The first-order valence-corrected chi connectivity index (χ1v) is 9.46. The van der Waals surface area contributed by atoms with E-state index in [1.807, 2.05) is 13.8 Å². The van der Waals surface area contributed by atoms with E-state index in [9.17, 15) is 4.79 Å². The van der Waals surface area contributed by atoms with Crippen molar-refractivity contribution in [3.05, 3.63) is 28.3 Å². The van der Waals surface area contributed by atoms with E-state index in [1.165, 1.54) is 12.8 Å². The normalized spacial score (nSPS) is 13.4. The van der Waals surface area contributed by atoms with Gasteiger partial charge in [0.05, 0.1) is 24.5 Å². The van der Waals surface area contributed by atoms with Crippen molar-refractivity contribution >= 4 is 11.8 Å². The van der Waals surface area contributed by atoms with Crippen LogP contribution in [0.1, 0.15) is 66.2 Å². The molecular weight excluding hydrogens is 350 g/mol. The van der Waals surface area contributed by atoms with Crippen LogP contribution in [0.15, 0.2) is 9.05 Å². The van der Waals surface area contributed by atoms with Crippen molar-refractivity contribution in [2.24, 2.45) is 0 Å². The number of hydrogen-bond acceptors (Lipinski definition) is 8. The van der Waals surface area contributed by atoms with E-state index in [4.69, 9.17) is 18.9 Å². The van der Waals surface area contributed by atoms with Gasteiger partial charge in [-0.1, -0.05) is 23.7 Å². The highest BCUT2D eigenvalue weighted by Crippen LogP contribution is 2.25. The molecule has 3 heterocycles. The summed E-state index contributed by atoms with van der Waals surface area (Å²) in [5.74, 6) is 1.75. The lowest BCUT2D eigenvalue weighted by molar-refractivity contribution is 0.0523. The van der Waals surface area contributed by atoms with E-state index in [1.54, 1.807) is 13.8 Å². The van der Waals surface area contributed by atoms with Crippen LogP contribution in [0.25, 0.3) is 0 Å². The second-order valence-electron chi connectivity index (χ2n) is 6.42. The summed E-state index contributed by atoms with van der Waals surface area (Å²) in [6.45, 7) is 9.80. The van der Waals surface area contributed by atoms with Crippen LogP contribution in [0.2, 0.25) is 0 Å². The zero-order valence-electron chi connectivity index (χ0n) is 16.6. The molecule has 0 spiro atoms. The van der Waals surface area contributed by atoms with Gasteiger partial charge in [-0.2, -0.15) is 0 Å². The summed E-state index contributed by atoms with van der Waals surface area (Å²) in [7, 11) is 0. The molecular formula is C19H29N3O5. The molecule has 0 amide bonds. The Labute approximate surface area is 159 Å². The molecule has 8 heteroatoms. The summed E-state index contributed by atoms with van der Waals surface area (Å²) in [5, 5.41) is 16.9. The molecule has 1 saturated heterocycles. The smallest absolute Gasteiger partial charge is 0.343 e. The Balaban J connectivity index is 0.000000194. The highest BCUT2D eigenvalue weighted by molar-refractivity contribution is 5.91. The molecule has 1 fully saturated rings. The topological polar surface area (TPSA) is 102 Å². The Morgan fingerprint density at radius 3 is 2.41 bits per heavy atom. The van der Waals surface area contributed by atoms with Crippen molar-refractivity contribution in [2.75, 3.05) is 24.6 Å². The Morgan fingerprint density at radius 1 is 1.15 bits per heavy atom. The molecule has 150 valence electrons. The van der Waals surface area contributed by atoms with Gasteiger partial charge in [-0.3, -0.25) is 0 Å². The average Bonchev–Trinajstić information content (AvgIpc) is 3.36. The highest BCUT2D eigenvalue weighted by Gasteiger charge is 2.21. The summed E-state index contributed by atoms with van der Waals surface area (Å²) in [5.41, 5.74) is 2.03. The van der Waals surface area contributed by atoms with E-state index in [-0.39, 0.29) is 12.6 Å². The Hall–Kier alpha value is -2.35. The molecule has 2 aromatic heterocycles. The number of aromatic nitrogens is 2. The maximum atomic E-state index is 11.5. The van der Waals surface area contributed by atoms with E-state index in [0.717, 1.165) is 43.1 Å². The number of anilines is 1. The maximum absolute atomic E-state index is 11.5. The number of aryl methyl sites for hydroxylation is 3. The minimum Gasteiger partial charge on any atom is -0.462 e. The number of esters is 1. The van der Waals surface area contributed by atoms with Crippen LogP contribution in [0.3, 0.4) is 0 Å². The van der Waals surface area contributed by atoms with Crippen LogP contribution >= 0.6 is 0 Å². The molecule has 0 bridgehead atoms. The van der Waals surface area contributed by atoms with Gasteiger partial charge in [-0.15, -0.1) is 0 Å². The summed E-state index contributed by atoms with van der Waals surface area (Å²) < 4.78 is 14.9. The third-order valence-electron chi connectivity index (χ3n) is 4.43. The molecule has 2 aromatic rings. The van der Waals surface area contributed by atoms with Gasteiger partial charge in [0.25, 0.3) is 0 Å². The van der Waals surface area contributed by atoms with Crippen molar-refractivity contribution in [3.63, 3.8) is 0 Å². The standard InChI is InChI=1S/C10H15NO3.C9H14N2O2/c1-4-6-8-9(7(3)14-11-8)10(12)13-5-2;1-7-8(6-12)9(10-13-7)11-4-2-3-5-11/h4-6H2,1-3H3;12H,2-6H2,1H3. The third-order valence-corrected chi connectivity index (χ3v) is 4.43. The first-order chi connectivity index (χ1) is 13.0. The predicted molar refractivity (Wildman–Crippen MR) is 99.8 cm³/mol. The van der Waals surface area contributed by atoms with Crippen LogP contribution in [0.4, 0.5) is 5.82 Å². The largest absolute Gasteiger partial charge is 0.462 e. The fourth-order valence-corrected chi connectivity index (χ4v) is 3.03. The molecule has 0 radical (unpaired) electrons. The zero-order valence-corrected chi connectivity index (χ0v) is 16.6. The first kappa shape index (κ1) is 21.0. The third kappa shape index (κ3) is 5.09. The van der Waals surface area contributed by atoms with Crippen molar-refractivity contribution in [3.8, 4) is 0 Å². The average molecular weight is 379 g/mol. The van der Waals surface area contributed by atoms with Crippen LogP contribution in [-0.2, 0) is 17.8 Å². The zero-order chi connectivity index (χ0) is 19.8. The van der Waals surface area contributed by atoms with Crippen LogP contribution in [0.5, 0.6) is 0 Å². The quantitative estimate of drug-likeness (QED) is 0.764. The number of ether oxygens (including phenoxy) is 1.